The molecule has 0 aliphatic rings. The zero-order valence-corrected chi connectivity index (χ0v) is 10.9. The van der Waals surface area contributed by atoms with Crippen molar-refractivity contribution in [3.8, 4) is 0 Å². The molecule has 0 spiro atoms. The number of hydrogen-bond donors (Lipinski definition) is 3. The van der Waals surface area contributed by atoms with E-state index in [1.807, 2.05) is 25.1 Å². The molecule has 2 heterocycles. The van der Waals surface area contributed by atoms with Crippen molar-refractivity contribution in [3.05, 3.63) is 42.5 Å². The van der Waals surface area contributed by atoms with E-state index in [-0.39, 0.29) is 6.04 Å². The standard InChI is InChI=1S/C13H18N6/c1-10(7-14)19-13-6-12(17-9-18-13)16-8-11-2-4-15-5-3-11/h2-6,9-10H,7-8,14H2,1H3,(H2,16,17,18,19). The van der Waals surface area contributed by atoms with Gasteiger partial charge in [-0.2, -0.15) is 0 Å². The second-order valence-electron chi connectivity index (χ2n) is 4.28. The topological polar surface area (TPSA) is 88.8 Å². The molecule has 0 aliphatic carbocycles. The Bertz CT molecular complexity index is 501. The van der Waals surface area contributed by atoms with Gasteiger partial charge in [-0.25, -0.2) is 9.97 Å². The number of pyridine rings is 1. The van der Waals surface area contributed by atoms with E-state index in [2.05, 4.69) is 25.6 Å². The van der Waals surface area contributed by atoms with Gasteiger partial charge in [-0.15, -0.1) is 0 Å². The predicted molar refractivity (Wildman–Crippen MR) is 75.7 cm³/mol. The number of aromatic nitrogens is 3. The molecule has 0 bridgehead atoms. The van der Waals surface area contributed by atoms with Crippen LogP contribution < -0.4 is 16.4 Å². The van der Waals surface area contributed by atoms with E-state index in [9.17, 15) is 0 Å². The van der Waals surface area contributed by atoms with E-state index in [0.717, 1.165) is 17.2 Å². The maximum absolute atomic E-state index is 5.57. The van der Waals surface area contributed by atoms with E-state index >= 15 is 0 Å². The van der Waals surface area contributed by atoms with Crippen LogP contribution in [0.3, 0.4) is 0 Å². The molecule has 0 fully saturated rings. The van der Waals surface area contributed by atoms with Crippen molar-refractivity contribution in [2.24, 2.45) is 5.73 Å². The van der Waals surface area contributed by atoms with Crippen LogP contribution in [0.25, 0.3) is 0 Å². The van der Waals surface area contributed by atoms with Crippen molar-refractivity contribution in [3.63, 3.8) is 0 Å². The Kier molecular flexibility index (Phi) is 4.63. The molecule has 0 aromatic carbocycles. The van der Waals surface area contributed by atoms with Gasteiger partial charge in [0.2, 0.25) is 0 Å². The van der Waals surface area contributed by atoms with Crippen LogP contribution in [-0.4, -0.2) is 27.5 Å². The van der Waals surface area contributed by atoms with E-state index in [4.69, 9.17) is 5.73 Å². The van der Waals surface area contributed by atoms with Gasteiger partial charge in [0.25, 0.3) is 0 Å². The SMILES string of the molecule is CC(CN)Nc1cc(NCc2ccncc2)ncn1. The van der Waals surface area contributed by atoms with Crippen molar-refractivity contribution >= 4 is 11.6 Å². The molecule has 2 aromatic heterocycles. The minimum atomic E-state index is 0.183. The molecular formula is C13H18N6. The smallest absolute Gasteiger partial charge is 0.131 e. The molecule has 0 aliphatic heterocycles. The normalized spacial score (nSPS) is 11.9. The number of nitrogens with two attached hydrogens (primary N) is 1. The second kappa shape index (κ2) is 6.65. The average Bonchev–Trinajstić information content (AvgIpc) is 2.46. The third-order valence-electron chi connectivity index (χ3n) is 2.64. The molecular weight excluding hydrogens is 240 g/mol. The minimum absolute atomic E-state index is 0.183. The molecule has 6 nitrogen and oxygen atoms in total. The fraction of sp³-hybridized carbons (Fsp3) is 0.308. The predicted octanol–water partition coefficient (Wildman–Crippen LogP) is 1.24. The van der Waals surface area contributed by atoms with E-state index < -0.39 is 0 Å². The molecule has 0 saturated heterocycles. The van der Waals surface area contributed by atoms with Crippen LogP contribution in [0.1, 0.15) is 12.5 Å². The van der Waals surface area contributed by atoms with Gasteiger partial charge in [-0.3, -0.25) is 4.98 Å². The number of rotatable bonds is 6. The van der Waals surface area contributed by atoms with Crippen LogP contribution in [0.4, 0.5) is 11.6 Å². The van der Waals surface area contributed by atoms with Crippen molar-refractivity contribution in [2.75, 3.05) is 17.2 Å². The highest BCUT2D eigenvalue weighted by atomic mass is 15.1. The summed E-state index contributed by atoms with van der Waals surface area (Å²) in [6, 6.07) is 5.98. The molecule has 1 unspecified atom stereocenters. The lowest BCUT2D eigenvalue weighted by atomic mass is 10.3. The number of nitrogens with one attached hydrogen (secondary N) is 2. The highest BCUT2D eigenvalue weighted by Gasteiger charge is 2.02. The summed E-state index contributed by atoms with van der Waals surface area (Å²) in [6.45, 7) is 3.27. The molecule has 19 heavy (non-hydrogen) atoms. The second-order valence-corrected chi connectivity index (χ2v) is 4.28. The highest BCUT2D eigenvalue weighted by molar-refractivity contribution is 5.47. The Hall–Kier alpha value is -2.21. The fourth-order valence-corrected chi connectivity index (χ4v) is 1.54. The molecule has 6 heteroatoms. The van der Waals surface area contributed by atoms with Crippen molar-refractivity contribution in [1.82, 2.24) is 15.0 Å². The van der Waals surface area contributed by atoms with Gasteiger partial charge >= 0.3 is 0 Å². The van der Waals surface area contributed by atoms with Gasteiger partial charge in [0, 0.05) is 37.6 Å². The zero-order chi connectivity index (χ0) is 13.5. The number of hydrogen-bond acceptors (Lipinski definition) is 6. The minimum Gasteiger partial charge on any atom is -0.366 e. The number of anilines is 2. The Morgan fingerprint density at radius 2 is 1.95 bits per heavy atom. The van der Waals surface area contributed by atoms with Gasteiger partial charge in [0.1, 0.15) is 18.0 Å². The van der Waals surface area contributed by atoms with Gasteiger partial charge < -0.3 is 16.4 Å². The summed E-state index contributed by atoms with van der Waals surface area (Å²) >= 11 is 0. The van der Waals surface area contributed by atoms with Gasteiger partial charge in [-0.1, -0.05) is 0 Å². The lowest BCUT2D eigenvalue weighted by Crippen LogP contribution is -2.25. The number of nitrogens with zero attached hydrogens (tertiary/aromatic N) is 3. The summed E-state index contributed by atoms with van der Waals surface area (Å²) in [5, 5.41) is 6.45. The van der Waals surface area contributed by atoms with Crippen LogP contribution in [0.5, 0.6) is 0 Å². The van der Waals surface area contributed by atoms with E-state index in [1.165, 1.54) is 6.33 Å². The van der Waals surface area contributed by atoms with Crippen LogP contribution in [0, 0.1) is 0 Å². The molecule has 1 atom stereocenters. The summed E-state index contributed by atoms with van der Waals surface area (Å²) in [6.07, 6.45) is 5.07. The Morgan fingerprint density at radius 3 is 2.68 bits per heavy atom. The van der Waals surface area contributed by atoms with Crippen LogP contribution in [0.15, 0.2) is 36.9 Å². The summed E-state index contributed by atoms with van der Waals surface area (Å²) < 4.78 is 0. The highest BCUT2D eigenvalue weighted by Crippen LogP contribution is 2.10. The molecule has 0 saturated carbocycles. The molecule has 0 amide bonds. The third kappa shape index (κ3) is 4.18. The van der Waals surface area contributed by atoms with Crippen molar-refractivity contribution in [1.29, 1.82) is 0 Å². The molecule has 0 radical (unpaired) electrons. The average molecular weight is 258 g/mol. The summed E-state index contributed by atoms with van der Waals surface area (Å²) in [4.78, 5) is 12.3. The maximum atomic E-state index is 5.57. The quantitative estimate of drug-likeness (QED) is 0.722. The van der Waals surface area contributed by atoms with E-state index in [0.29, 0.717) is 13.1 Å². The first-order valence-electron chi connectivity index (χ1n) is 6.19. The lowest BCUT2D eigenvalue weighted by molar-refractivity contribution is 0.797. The molecule has 2 aromatic rings. The summed E-state index contributed by atoms with van der Waals surface area (Å²) in [7, 11) is 0. The first kappa shape index (κ1) is 13.2. The van der Waals surface area contributed by atoms with E-state index in [1.54, 1.807) is 12.4 Å². The first-order valence-corrected chi connectivity index (χ1v) is 6.19. The Balaban J connectivity index is 1.95. The molecule has 4 N–H and O–H groups in total. The molecule has 2 rings (SSSR count). The van der Waals surface area contributed by atoms with Crippen molar-refractivity contribution < 1.29 is 0 Å². The van der Waals surface area contributed by atoms with Crippen molar-refractivity contribution in [2.45, 2.75) is 19.5 Å². The Morgan fingerprint density at radius 1 is 1.21 bits per heavy atom. The Labute approximate surface area is 112 Å². The monoisotopic (exact) mass is 258 g/mol. The van der Waals surface area contributed by atoms with Crippen LogP contribution in [-0.2, 0) is 6.54 Å². The van der Waals surface area contributed by atoms with Crippen LogP contribution >= 0.6 is 0 Å². The van der Waals surface area contributed by atoms with Gasteiger partial charge in [-0.05, 0) is 24.6 Å². The summed E-state index contributed by atoms with van der Waals surface area (Å²) in [5.41, 5.74) is 6.72. The zero-order valence-electron chi connectivity index (χ0n) is 10.9. The fourth-order valence-electron chi connectivity index (χ4n) is 1.54. The van der Waals surface area contributed by atoms with Gasteiger partial charge in [0.05, 0.1) is 0 Å². The van der Waals surface area contributed by atoms with Gasteiger partial charge in [0.15, 0.2) is 0 Å². The maximum Gasteiger partial charge on any atom is 0.131 e. The molecule has 100 valence electrons. The van der Waals surface area contributed by atoms with Crippen LogP contribution in [0.2, 0.25) is 0 Å². The largest absolute Gasteiger partial charge is 0.366 e. The first-order chi connectivity index (χ1) is 9.28. The third-order valence-corrected chi connectivity index (χ3v) is 2.64. The summed E-state index contributed by atoms with van der Waals surface area (Å²) in [5.74, 6) is 1.55. The lowest BCUT2D eigenvalue weighted by Gasteiger charge is -2.12.